The molecule has 114 valence electrons. The predicted molar refractivity (Wildman–Crippen MR) is 90.5 cm³/mol. The van der Waals surface area contributed by atoms with E-state index in [-0.39, 0.29) is 6.10 Å². The maximum absolute atomic E-state index is 9.95. The van der Waals surface area contributed by atoms with Gasteiger partial charge >= 0.3 is 0 Å². The van der Waals surface area contributed by atoms with Crippen LogP contribution in [0.2, 0.25) is 0 Å². The number of aliphatic hydroxyl groups excluding tert-OH is 1. The molecule has 0 fully saturated rings. The van der Waals surface area contributed by atoms with E-state index < -0.39 is 6.10 Å². The Bertz CT molecular complexity index is 532. The van der Waals surface area contributed by atoms with Crippen LogP contribution in [0, 0.1) is 0 Å². The largest absolute Gasteiger partial charge is 0.389 e. The Labute approximate surface area is 138 Å². The van der Waals surface area contributed by atoms with Gasteiger partial charge in [0.2, 0.25) is 0 Å². The molecule has 3 nitrogen and oxygen atoms in total. The maximum atomic E-state index is 9.95. The van der Waals surface area contributed by atoms with Gasteiger partial charge in [-0.25, -0.2) is 0 Å². The van der Waals surface area contributed by atoms with Crippen LogP contribution >= 0.6 is 27.3 Å². The highest BCUT2D eigenvalue weighted by molar-refractivity contribution is 9.10. The molecule has 2 unspecified atom stereocenters. The normalized spacial score (nSPS) is 14.0. The van der Waals surface area contributed by atoms with Gasteiger partial charge in [0, 0.05) is 22.4 Å². The Hall–Kier alpha value is -0.720. The number of nitrogens with one attached hydrogen (secondary N) is 1. The van der Waals surface area contributed by atoms with Crippen LogP contribution in [0.1, 0.15) is 23.5 Å². The van der Waals surface area contributed by atoms with Crippen LogP contribution in [0.4, 0.5) is 0 Å². The van der Waals surface area contributed by atoms with E-state index in [4.69, 9.17) is 4.74 Å². The molecular weight excluding hydrogens is 350 g/mol. The smallest absolute Gasteiger partial charge is 0.0898 e. The Morgan fingerprint density at radius 1 is 1.29 bits per heavy atom. The third kappa shape index (κ3) is 5.52. The lowest BCUT2D eigenvalue weighted by atomic mass is 10.1. The van der Waals surface area contributed by atoms with Gasteiger partial charge in [0.25, 0.3) is 0 Å². The molecule has 2 N–H and O–H groups in total. The van der Waals surface area contributed by atoms with Gasteiger partial charge in [-0.15, -0.1) is 11.3 Å². The van der Waals surface area contributed by atoms with Crippen LogP contribution in [0.5, 0.6) is 0 Å². The first kappa shape index (κ1) is 16.6. The van der Waals surface area contributed by atoms with Crippen molar-refractivity contribution < 1.29 is 9.84 Å². The van der Waals surface area contributed by atoms with Crippen molar-refractivity contribution in [2.45, 2.75) is 25.7 Å². The lowest BCUT2D eigenvalue weighted by Crippen LogP contribution is -2.30. The number of hydrogen-bond acceptors (Lipinski definition) is 4. The minimum Gasteiger partial charge on any atom is -0.389 e. The molecule has 0 aliphatic carbocycles. The summed E-state index contributed by atoms with van der Waals surface area (Å²) in [6, 6.07) is 12.1. The first-order valence-electron chi connectivity index (χ1n) is 6.94. The zero-order chi connectivity index (χ0) is 15.1. The summed E-state index contributed by atoms with van der Waals surface area (Å²) in [5.41, 5.74) is 1.13. The molecule has 1 aromatic heterocycles. The van der Waals surface area contributed by atoms with Gasteiger partial charge in [-0.2, -0.15) is 0 Å². The van der Waals surface area contributed by atoms with Gasteiger partial charge in [0.1, 0.15) is 0 Å². The van der Waals surface area contributed by atoms with Gasteiger partial charge < -0.3 is 15.2 Å². The fourth-order valence-electron chi connectivity index (χ4n) is 1.94. The summed E-state index contributed by atoms with van der Waals surface area (Å²) in [4.78, 5) is 1.24. The number of ether oxygens (including phenoxy) is 1. The van der Waals surface area contributed by atoms with Crippen molar-refractivity contribution in [3.63, 3.8) is 0 Å². The summed E-state index contributed by atoms with van der Waals surface area (Å²) in [5.74, 6) is 0. The second-order valence-electron chi connectivity index (χ2n) is 4.86. The molecule has 2 aromatic rings. The van der Waals surface area contributed by atoms with E-state index in [0.29, 0.717) is 13.2 Å². The molecule has 5 heteroatoms. The van der Waals surface area contributed by atoms with Crippen molar-refractivity contribution in [2.24, 2.45) is 0 Å². The van der Waals surface area contributed by atoms with E-state index >= 15 is 0 Å². The number of rotatable bonds is 8. The van der Waals surface area contributed by atoms with E-state index in [1.54, 1.807) is 11.3 Å². The average molecular weight is 370 g/mol. The summed E-state index contributed by atoms with van der Waals surface area (Å²) in [5, 5.41) is 15.2. The summed E-state index contributed by atoms with van der Waals surface area (Å²) < 4.78 is 6.82. The highest BCUT2D eigenvalue weighted by Crippen LogP contribution is 2.22. The molecule has 0 bridgehead atoms. The molecule has 2 rings (SSSR count). The molecular formula is C16H20BrNO2S. The summed E-state index contributed by atoms with van der Waals surface area (Å²) in [7, 11) is 0. The van der Waals surface area contributed by atoms with Crippen LogP contribution in [-0.2, 0) is 11.3 Å². The number of hydrogen-bond donors (Lipinski definition) is 2. The monoisotopic (exact) mass is 369 g/mol. The molecule has 1 aromatic carbocycles. The molecule has 1 heterocycles. The molecule has 0 saturated carbocycles. The van der Waals surface area contributed by atoms with E-state index in [2.05, 4.69) is 21.2 Å². The Morgan fingerprint density at radius 3 is 2.71 bits per heavy atom. The van der Waals surface area contributed by atoms with Crippen molar-refractivity contribution in [3.8, 4) is 0 Å². The first-order chi connectivity index (χ1) is 10.2. The Kier molecular flexibility index (Phi) is 6.86. The van der Waals surface area contributed by atoms with Crippen LogP contribution in [0.15, 0.2) is 46.3 Å². The van der Waals surface area contributed by atoms with Crippen LogP contribution in [0.3, 0.4) is 0 Å². The molecule has 0 aliphatic rings. The third-order valence-corrected chi connectivity index (χ3v) is 5.09. The summed E-state index contributed by atoms with van der Waals surface area (Å²) >= 11 is 5.19. The number of halogens is 1. The third-order valence-electron chi connectivity index (χ3n) is 3.16. The van der Waals surface area contributed by atoms with Crippen molar-refractivity contribution >= 4 is 27.3 Å². The second-order valence-corrected chi connectivity index (χ2v) is 6.72. The first-order valence-corrected chi connectivity index (χ1v) is 8.61. The SMILES string of the molecule is CC(OCC(O)CNCc1sccc1Br)c1ccccc1. The molecule has 21 heavy (non-hydrogen) atoms. The second kappa shape index (κ2) is 8.66. The predicted octanol–water partition coefficient (Wildman–Crippen LogP) is 3.74. The van der Waals surface area contributed by atoms with Gasteiger partial charge in [-0.3, -0.25) is 0 Å². The number of thiophene rings is 1. The van der Waals surface area contributed by atoms with Crippen LogP contribution in [-0.4, -0.2) is 24.4 Å². The topological polar surface area (TPSA) is 41.5 Å². The lowest BCUT2D eigenvalue weighted by Gasteiger charge is -2.17. The molecule has 0 saturated heterocycles. The maximum Gasteiger partial charge on any atom is 0.0898 e. The zero-order valence-corrected chi connectivity index (χ0v) is 14.4. The van der Waals surface area contributed by atoms with E-state index in [9.17, 15) is 5.11 Å². The van der Waals surface area contributed by atoms with Crippen molar-refractivity contribution in [2.75, 3.05) is 13.2 Å². The molecule has 0 amide bonds. The van der Waals surface area contributed by atoms with E-state index in [1.165, 1.54) is 4.88 Å². The van der Waals surface area contributed by atoms with Crippen LogP contribution in [0.25, 0.3) is 0 Å². The van der Waals surface area contributed by atoms with E-state index in [1.807, 2.05) is 48.7 Å². The quantitative estimate of drug-likeness (QED) is 0.744. The molecule has 0 aliphatic heterocycles. The minimum atomic E-state index is -0.505. The molecule has 0 radical (unpaired) electrons. The van der Waals surface area contributed by atoms with Crippen molar-refractivity contribution in [1.82, 2.24) is 5.32 Å². The zero-order valence-electron chi connectivity index (χ0n) is 12.0. The summed E-state index contributed by atoms with van der Waals surface area (Å²) in [6.07, 6.45) is -0.512. The van der Waals surface area contributed by atoms with Gasteiger partial charge in [0.05, 0.1) is 18.8 Å². The van der Waals surface area contributed by atoms with Gasteiger partial charge in [0.15, 0.2) is 0 Å². The molecule has 2 atom stereocenters. The summed E-state index contributed by atoms with van der Waals surface area (Å²) in [6.45, 7) is 3.60. The molecule has 0 spiro atoms. The highest BCUT2D eigenvalue weighted by atomic mass is 79.9. The van der Waals surface area contributed by atoms with Gasteiger partial charge in [-0.1, -0.05) is 30.3 Å². The van der Waals surface area contributed by atoms with Crippen molar-refractivity contribution in [1.29, 1.82) is 0 Å². The average Bonchev–Trinajstić information content (AvgIpc) is 2.91. The van der Waals surface area contributed by atoms with Gasteiger partial charge in [-0.05, 0) is 39.9 Å². The lowest BCUT2D eigenvalue weighted by molar-refractivity contribution is -0.00210. The standard InChI is InChI=1S/C16H20BrNO2S/c1-12(13-5-3-2-4-6-13)20-11-14(19)9-18-10-16-15(17)7-8-21-16/h2-8,12,14,18-19H,9-11H2,1H3. The highest BCUT2D eigenvalue weighted by Gasteiger charge is 2.10. The number of aliphatic hydroxyl groups is 1. The van der Waals surface area contributed by atoms with E-state index in [0.717, 1.165) is 16.6 Å². The Balaban J connectivity index is 1.65. The van der Waals surface area contributed by atoms with Crippen molar-refractivity contribution in [3.05, 3.63) is 56.7 Å². The fraction of sp³-hybridized carbons (Fsp3) is 0.375. The Morgan fingerprint density at radius 2 is 2.05 bits per heavy atom. The fourth-order valence-corrected chi connectivity index (χ4v) is 3.40. The van der Waals surface area contributed by atoms with Crippen LogP contribution < -0.4 is 5.32 Å². The minimum absolute atomic E-state index is 0.00714. The number of benzene rings is 1.